The maximum absolute atomic E-state index is 14.5. The van der Waals surface area contributed by atoms with Gasteiger partial charge in [0.25, 0.3) is 0 Å². The second-order valence-electron chi connectivity index (χ2n) is 12.6. The third-order valence-electron chi connectivity index (χ3n) is 10.4. The van der Waals surface area contributed by atoms with Crippen molar-refractivity contribution in [1.29, 1.82) is 0 Å². The lowest BCUT2D eigenvalue weighted by Crippen LogP contribution is -2.65. The summed E-state index contributed by atoms with van der Waals surface area (Å²) in [6.07, 6.45) is 1.28. The summed E-state index contributed by atoms with van der Waals surface area (Å²) in [6.45, 7) is 7.50. The van der Waals surface area contributed by atoms with Crippen LogP contribution < -0.4 is 0 Å². The zero-order valence-corrected chi connectivity index (χ0v) is 22.8. The van der Waals surface area contributed by atoms with Gasteiger partial charge in [0.15, 0.2) is 17.5 Å². The van der Waals surface area contributed by atoms with Crippen molar-refractivity contribution in [2.45, 2.75) is 51.9 Å². The van der Waals surface area contributed by atoms with Gasteiger partial charge in [-0.1, -0.05) is 81.5 Å². The summed E-state index contributed by atoms with van der Waals surface area (Å²) in [7, 11) is 0. The summed E-state index contributed by atoms with van der Waals surface area (Å²) in [5.41, 5.74) is -1.10. The van der Waals surface area contributed by atoms with Crippen LogP contribution >= 0.6 is 0 Å². The Morgan fingerprint density at radius 3 is 2.44 bits per heavy atom. The lowest BCUT2D eigenvalue weighted by molar-refractivity contribution is -0.190. The van der Waals surface area contributed by atoms with Crippen LogP contribution in [-0.2, 0) is 9.53 Å². The Balaban J connectivity index is 1.45. The second kappa shape index (κ2) is 8.72. The van der Waals surface area contributed by atoms with Crippen LogP contribution in [-0.4, -0.2) is 51.5 Å². The first-order chi connectivity index (χ1) is 18.5. The smallest absolute Gasteiger partial charge is 0.339 e. The fourth-order valence-corrected chi connectivity index (χ4v) is 8.29. The molecule has 2 fully saturated rings. The van der Waals surface area contributed by atoms with Gasteiger partial charge in [-0.25, -0.2) is 4.79 Å². The second-order valence-corrected chi connectivity index (χ2v) is 12.6. The number of benzene rings is 2. The number of rotatable bonds is 4. The molecule has 0 heterocycles. The van der Waals surface area contributed by atoms with Crippen molar-refractivity contribution < 1.29 is 29.6 Å². The molecule has 6 rings (SSSR count). The molecule has 4 aliphatic carbocycles. The van der Waals surface area contributed by atoms with Crippen LogP contribution in [0, 0.1) is 34.5 Å². The van der Waals surface area contributed by atoms with Gasteiger partial charge in [0.2, 0.25) is 0 Å². The maximum Gasteiger partial charge on any atom is 0.339 e. The van der Waals surface area contributed by atoms with Crippen LogP contribution in [0.3, 0.4) is 0 Å². The number of fused-ring (bicyclic) bond motifs is 3. The Bertz CT molecular complexity index is 1410. The predicted molar refractivity (Wildman–Crippen MR) is 146 cm³/mol. The monoisotopic (exact) mass is 528 g/mol. The van der Waals surface area contributed by atoms with Crippen molar-refractivity contribution in [1.82, 2.24) is 0 Å². The van der Waals surface area contributed by atoms with Crippen molar-refractivity contribution in [2.24, 2.45) is 34.5 Å². The molecule has 2 bridgehead atoms. The van der Waals surface area contributed by atoms with Gasteiger partial charge in [0.1, 0.15) is 6.10 Å². The molecule has 6 nitrogen and oxygen atoms in total. The summed E-state index contributed by atoms with van der Waals surface area (Å²) in [5.74, 6) is -1.33. The van der Waals surface area contributed by atoms with Crippen molar-refractivity contribution >= 4 is 11.8 Å². The molecule has 6 heteroatoms. The standard InChI is InChI=1S/C33H36O6/c1-18-16-32-19(2)14-25-26(31(25,3)4)24(28(32)36)15-21(17-34)27(35)33(32,38)29(18)39-30(37)23-13-9-8-12-22(23)20-10-6-5-7-11-20/h5-13,15-16,19,24-27,29,34-35,38H,14,17H2,1-4H3/t19-,24?,25-,26+,27-,29+,32+,33+/m1/s1. The number of aliphatic hydroxyl groups is 3. The van der Waals surface area contributed by atoms with Crippen molar-refractivity contribution in [3.05, 3.63) is 83.5 Å². The molecule has 1 spiro atoms. The lowest BCUT2D eigenvalue weighted by atomic mass is 9.59. The number of ketones is 1. The van der Waals surface area contributed by atoms with Crippen molar-refractivity contribution in [2.75, 3.05) is 6.61 Å². The molecule has 8 atom stereocenters. The average molecular weight is 529 g/mol. The van der Waals surface area contributed by atoms with E-state index in [4.69, 9.17) is 4.74 Å². The molecule has 0 aromatic heterocycles. The summed E-state index contributed by atoms with van der Waals surface area (Å²) < 4.78 is 6.09. The number of carbonyl (C=O) groups is 2. The summed E-state index contributed by atoms with van der Waals surface area (Å²) in [6, 6.07) is 16.6. The minimum atomic E-state index is -2.16. The zero-order chi connectivity index (χ0) is 27.9. The number of hydrogen-bond donors (Lipinski definition) is 3. The first-order valence-electron chi connectivity index (χ1n) is 13.8. The fraction of sp³-hybridized carbons (Fsp3) is 0.455. The summed E-state index contributed by atoms with van der Waals surface area (Å²) in [5, 5.41) is 34.6. The van der Waals surface area contributed by atoms with Crippen LogP contribution in [0.4, 0.5) is 0 Å². The molecule has 3 N–H and O–H groups in total. The summed E-state index contributed by atoms with van der Waals surface area (Å²) in [4.78, 5) is 28.3. The van der Waals surface area contributed by atoms with E-state index in [0.29, 0.717) is 23.1 Å². The van der Waals surface area contributed by atoms with Gasteiger partial charge in [-0.3, -0.25) is 4.79 Å². The molecule has 2 saturated carbocycles. The highest BCUT2D eigenvalue weighted by Crippen LogP contribution is 2.71. The third-order valence-corrected chi connectivity index (χ3v) is 10.4. The highest BCUT2D eigenvalue weighted by atomic mass is 16.6. The Morgan fingerprint density at radius 2 is 1.74 bits per heavy atom. The highest BCUT2D eigenvalue weighted by Gasteiger charge is 2.76. The third kappa shape index (κ3) is 3.38. The van der Waals surface area contributed by atoms with Crippen LogP contribution in [0.1, 0.15) is 44.5 Å². The molecule has 204 valence electrons. The van der Waals surface area contributed by atoms with E-state index in [1.165, 1.54) is 0 Å². The van der Waals surface area contributed by atoms with Crippen molar-refractivity contribution in [3.8, 4) is 11.1 Å². The first-order valence-corrected chi connectivity index (χ1v) is 13.8. The normalized spacial score (nSPS) is 38.0. The Labute approximate surface area is 229 Å². The molecule has 0 radical (unpaired) electrons. The molecule has 2 aromatic carbocycles. The van der Waals surface area contributed by atoms with E-state index < -0.39 is 41.7 Å². The Morgan fingerprint density at radius 1 is 1.08 bits per heavy atom. The van der Waals surface area contributed by atoms with E-state index in [0.717, 1.165) is 5.56 Å². The largest absolute Gasteiger partial charge is 0.451 e. The van der Waals surface area contributed by atoms with E-state index in [-0.39, 0.29) is 34.5 Å². The average Bonchev–Trinajstić information content (AvgIpc) is 3.42. The van der Waals surface area contributed by atoms with Gasteiger partial charge in [-0.15, -0.1) is 0 Å². The molecule has 0 aliphatic heterocycles. The SMILES string of the molecule is CC1=C[C@]23C(=O)C(C=C(CO)[C@@H](O)[C@]2(O)[C@H]1OC(=O)c1ccccc1-c1ccccc1)[C@H]1[C@@H](C[C@H]3C)C1(C)C. The number of ether oxygens (including phenoxy) is 1. The molecule has 0 saturated heterocycles. The topological polar surface area (TPSA) is 104 Å². The highest BCUT2D eigenvalue weighted by molar-refractivity contribution is 5.98. The van der Waals surface area contributed by atoms with Crippen molar-refractivity contribution in [3.63, 3.8) is 0 Å². The lowest BCUT2D eigenvalue weighted by Gasteiger charge is -2.48. The van der Waals surface area contributed by atoms with Crippen LogP contribution in [0.2, 0.25) is 0 Å². The van der Waals surface area contributed by atoms with Crippen LogP contribution in [0.15, 0.2) is 77.9 Å². The van der Waals surface area contributed by atoms with Gasteiger partial charge in [0, 0.05) is 5.92 Å². The molecule has 4 aliphatic rings. The number of esters is 1. The minimum Gasteiger partial charge on any atom is -0.451 e. The fourth-order valence-electron chi connectivity index (χ4n) is 8.29. The molecule has 1 unspecified atom stereocenters. The van der Waals surface area contributed by atoms with Gasteiger partial charge in [0.05, 0.1) is 17.6 Å². The number of allylic oxidation sites excluding steroid dienone is 1. The number of Topliss-reactive ketones (excluding diaryl/α,β-unsaturated/α-hetero) is 1. The molecule has 0 amide bonds. The van der Waals surface area contributed by atoms with E-state index in [9.17, 15) is 24.9 Å². The Hall–Kier alpha value is -3.06. The number of carbonyl (C=O) groups excluding carboxylic acids is 2. The van der Waals surface area contributed by atoms with Crippen LogP contribution in [0.5, 0.6) is 0 Å². The van der Waals surface area contributed by atoms with Gasteiger partial charge in [-0.2, -0.15) is 0 Å². The number of aliphatic hydroxyl groups excluding tert-OH is 2. The molecule has 39 heavy (non-hydrogen) atoms. The molecule has 2 aromatic rings. The Kier molecular flexibility index (Phi) is 5.85. The van der Waals surface area contributed by atoms with Gasteiger partial charge < -0.3 is 20.1 Å². The van der Waals surface area contributed by atoms with E-state index >= 15 is 0 Å². The minimum absolute atomic E-state index is 0.0505. The van der Waals surface area contributed by atoms with E-state index in [1.807, 2.05) is 49.4 Å². The summed E-state index contributed by atoms with van der Waals surface area (Å²) >= 11 is 0. The van der Waals surface area contributed by atoms with E-state index in [1.54, 1.807) is 31.2 Å². The first kappa shape index (κ1) is 26.2. The predicted octanol–water partition coefficient (Wildman–Crippen LogP) is 4.35. The quantitative estimate of drug-likeness (QED) is 0.403. The van der Waals surface area contributed by atoms with Gasteiger partial charge >= 0.3 is 5.97 Å². The van der Waals surface area contributed by atoms with Gasteiger partial charge in [-0.05, 0) is 64.9 Å². The molecular weight excluding hydrogens is 492 g/mol. The van der Waals surface area contributed by atoms with E-state index in [2.05, 4.69) is 13.8 Å². The zero-order valence-electron chi connectivity index (χ0n) is 22.8. The number of hydrogen-bond acceptors (Lipinski definition) is 6. The maximum atomic E-state index is 14.5. The molecular formula is C33H36O6. The van der Waals surface area contributed by atoms with Crippen LogP contribution in [0.25, 0.3) is 11.1 Å².